The van der Waals surface area contributed by atoms with E-state index in [1.165, 1.54) is 16.8 Å². The molecule has 0 bridgehead atoms. The first-order valence-electron chi connectivity index (χ1n) is 10.6. The molecule has 0 fully saturated rings. The molecule has 1 amide bonds. The van der Waals surface area contributed by atoms with Crippen molar-refractivity contribution in [2.45, 2.75) is 38.8 Å². The van der Waals surface area contributed by atoms with Gasteiger partial charge in [-0.15, -0.1) is 5.01 Å². The van der Waals surface area contributed by atoms with Crippen LogP contribution >= 0.6 is 11.3 Å². The molecule has 0 aliphatic rings. The summed E-state index contributed by atoms with van der Waals surface area (Å²) in [5, 5.41) is 17.1. The number of ether oxygens (including phenoxy) is 1. The molecule has 0 aliphatic carbocycles. The largest absolute Gasteiger partial charge is 0.607 e. The summed E-state index contributed by atoms with van der Waals surface area (Å²) in [6.45, 7) is 6.78. The molecule has 33 heavy (non-hydrogen) atoms. The number of hydrogen-bond acceptors (Lipinski definition) is 6. The number of rotatable bonds is 8. The minimum atomic E-state index is -0.880. The number of carbonyl (C=O) groups excluding carboxylic acids is 1. The Morgan fingerprint density at radius 2 is 1.82 bits per heavy atom. The molecule has 2 unspecified atom stereocenters. The van der Waals surface area contributed by atoms with Crippen LogP contribution in [0.3, 0.4) is 0 Å². The Hall–Kier alpha value is -2.98. The summed E-state index contributed by atoms with van der Waals surface area (Å²) in [4.78, 5) is 26.9. The van der Waals surface area contributed by atoms with Crippen molar-refractivity contribution >= 4 is 22.2 Å². The van der Waals surface area contributed by atoms with Crippen molar-refractivity contribution in [3.63, 3.8) is 0 Å². The van der Waals surface area contributed by atoms with Crippen LogP contribution in [0.1, 0.15) is 43.5 Å². The van der Waals surface area contributed by atoms with Crippen LogP contribution in [-0.4, -0.2) is 30.1 Å². The van der Waals surface area contributed by atoms with Crippen LogP contribution in [0.5, 0.6) is 5.75 Å². The topological polar surface area (TPSA) is 102 Å². The molecule has 0 aliphatic heterocycles. The van der Waals surface area contributed by atoms with Gasteiger partial charge in [-0.2, -0.15) is 0 Å². The van der Waals surface area contributed by atoms with Gasteiger partial charge in [0.05, 0.1) is 13.3 Å². The average molecular weight is 471 g/mol. The highest BCUT2D eigenvalue weighted by Gasteiger charge is 2.31. The molecular weight excluding hydrogens is 440 g/mol. The second-order valence-electron chi connectivity index (χ2n) is 8.80. The highest BCUT2D eigenvalue weighted by Crippen LogP contribution is 2.23. The molecule has 0 spiro atoms. The number of likely N-dealkylation sites (N-methyl/N-ethyl adjacent to an activating group) is 1. The molecule has 8 nitrogen and oxygen atoms in total. The van der Waals surface area contributed by atoms with E-state index >= 15 is 0 Å². The maximum absolute atomic E-state index is 13.3. The summed E-state index contributed by atoms with van der Waals surface area (Å²) in [5.41, 5.74) is 2.86. The van der Waals surface area contributed by atoms with E-state index < -0.39 is 11.2 Å². The molecule has 2 aromatic carbocycles. The lowest BCUT2D eigenvalue weighted by Crippen LogP contribution is -3.09. The number of hydrogen-bond donors (Lipinski definition) is 3. The quantitative estimate of drug-likeness (QED) is 0.440. The number of nitrogens with zero attached hydrogens (tertiary/aromatic N) is 1. The number of aromatic nitrogens is 1. The third-order valence-electron chi connectivity index (χ3n) is 5.41. The van der Waals surface area contributed by atoms with Gasteiger partial charge in [0, 0.05) is 13.6 Å². The second-order valence-corrected chi connectivity index (χ2v) is 9.81. The predicted molar refractivity (Wildman–Crippen MR) is 129 cm³/mol. The average Bonchev–Trinajstić information content (AvgIpc) is 3.23. The molecule has 3 N–H and O–H groups in total. The molecule has 0 saturated carbocycles. The monoisotopic (exact) mass is 470 g/mol. The first-order valence-corrected chi connectivity index (χ1v) is 11.4. The Kier molecular flexibility index (Phi) is 7.70. The van der Waals surface area contributed by atoms with Crippen LogP contribution in [0.25, 0.3) is 0 Å². The van der Waals surface area contributed by atoms with Gasteiger partial charge < -0.3 is 20.2 Å². The van der Waals surface area contributed by atoms with Gasteiger partial charge in [0.15, 0.2) is 6.04 Å². The van der Waals surface area contributed by atoms with E-state index in [1.807, 2.05) is 12.1 Å². The van der Waals surface area contributed by atoms with Crippen molar-refractivity contribution in [2.24, 2.45) is 0 Å². The Morgan fingerprint density at radius 1 is 1.18 bits per heavy atom. The summed E-state index contributed by atoms with van der Waals surface area (Å²) >= 11 is 0.814. The fourth-order valence-corrected chi connectivity index (χ4v) is 4.09. The van der Waals surface area contributed by atoms with Crippen molar-refractivity contribution in [1.29, 1.82) is 0 Å². The van der Waals surface area contributed by atoms with E-state index in [9.17, 15) is 14.8 Å². The number of methoxy groups -OCH3 is 1. The number of H-pyrrole nitrogens is 1. The highest BCUT2D eigenvalue weighted by molar-refractivity contribution is 7.12. The molecule has 3 aromatic rings. The van der Waals surface area contributed by atoms with Gasteiger partial charge >= 0.3 is 4.87 Å². The zero-order valence-electron chi connectivity index (χ0n) is 19.5. The maximum Gasteiger partial charge on any atom is 0.310 e. The Labute approximate surface area is 197 Å². The van der Waals surface area contributed by atoms with E-state index in [-0.39, 0.29) is 21.2 Å². The van der Waals surface area contributed by atoms with E-state index in [0.717, 1.165) is 16.9 Å². The third-order valence-corrected chi connectivity index (χ3v) is 6.22. The van der Waals surface area contributed by atoms with E-state index in [4.69, 9.17) is 4.74 Å². The van der Waals surface area contributed by atoms with Gasteiger partial charge in [0.25, 0.3) is 0 Å². The maximum atomic E-state index is 13.3. The van der Waals surface area contributed by atoms with Gasteiger partial charge in [-0.05, 0) is 45.6 Å². The number of aromatic amines is 1. The fraction of sp³-hybridized carbons (Fsp3) is 0.333. The number of benzene rings is 2. The number of amides is 1. The van der Waals surface area contributed by atoms with Crippen LogP contribution in [0.4, 0.5) is 5.00 Å². The highest BCUT2D eigenvalue weighted by atomic mass is 32.1. The van der Waals surface area contributed by atoms with Crippen molar-refractivity contribution in [3.05, 3.63) is 86.3 Å². The first-order chi connectivity index (χ1) is 15.6. The lowest BCUT2D eigenvalue weighted by Gasteiger charge is -2.34. The van der Waals surface area contributed by atoms with E-state index in [1.54, 1.807) is 38.4 Å². The van der Waals surface area contributed by atoms with Gasteiger partial charge in [0.1, 0.15) is 5.75 Å². The summed E-state index contributed by atoms with van der Waals surface area (Å²) in [5.74, 6) is 0.327. The van der Waals surface area contributed by atoms with Crippen molar-refractivity contribution in [1.82, 2.24) is 15.3 Å². The summed E-state index contributed by atoms with van der Waals surface area (Å²) < 4.78 is 5.21. The third kappa shape index (κ3) is 6.08. The smallest absolute Gasteiger partial charge is 0.310 e. The number of quaternary nitrogens is 1. The number of nitrogens with one attached hydrogen (secondary N) is 3. The SMILES string of the molecule is COc1ccc(C(C(=O)NCc2ccc(C(C)(C)C)cc2)N(C)[NH+]([O-])c2c[nH]c(=O)s2)cc1. The van der Waals surface area contributed by atoms with E-state index in [2.05, 4.69) is 43.2 Å². The standard InChI is InChI=1S/C24H30N4O4S/c1-24(2,3)18-10-6-16(7-11-18)14-25-22(29)21(17-8-12-19(32-5)13-9-17)27(4)28(31)20-15-26-23(30)33-20/h6-13,15,21,28H,14H2,1-5H3,(H,25,29)(H,26,30). The molecule has 176 valence electrons. The molecular formula is C24H30N4O4S. The normalized spacial score (nSPS) is 13.5. The van der Waals surface area contributed by atoms with Gasteiger partial charge in [-0.25, -0.2) is 5.17 Å². The number of carbonyl (C=O) groups is 1. The van der Waals surface area contributed by atoms with Gasteiger partial charge in [-0.3, -0.25) is 9.59 Å². The summed E-state index contributed by atoms with van der Waals surface area (Å²) in [6.07, 6.45) is 1.37. The van der Waals surface area contributed by atoms with Gasteiger partial charge in [-0.1, -0.05) is 57.2 Å². The Balaban J connectivity index is 1.81. The Bertz CT molecular complexity index is 1120. The molecule has 1 aromatic heterocycles. The molecule has 3 rings (SSSR count). The fourth-order valence-electron chi connectivity index (χ4n) is 3.43. The van der Waals surface area contributed by atoms with Crippen LogP contribution < -0.4 is 20.1 Å². The van der Waals surface area contributed by atoms with Crippen LogP contribution in [0, 0.1) is 5.21 Å². The van der Waals surface area contributed by atoms with Crippen LogP contribution in [-0.2, 0) is 16.8 Å². The van der Waals surface area contributed by atoms with Crippen molar-refractivity contribution in [3.8, 4) is 5.75 Å². The second kappa shape index (κ2) is 10.3. The van der Waals surface area contributed by atoms with Crippen LogP contribution in [0.15, 0.2) is 59.5 Å². The first kappa shape index (κ1) is 24.7. The summed E-state index contributed by atoms with van der Waals surface area (Å²) in [7, 11) is 3.12. The molecule has 9 heteroatoms. The molecule has 0 radical (unpaired) electrons. The molecule has 1 heterocycles. The zero-order chi connectivity index (χ0) is 24.2. The minimum absolute atomic E-state index is 0.0491. The van der Waals surface area contributed by atoms with Gasteiger partial charge in [0.2, 0.25) is 10.9 Å². The summed E-state index contributed by atoms with van der Waals surface area (Å²) in [6, 6.07) is 14.2. The van der Waals surface area contributed by atoms with Crippen molar-refractivity contribution < 1.29 is 14.7 Å². The van der Waals surface area contributed by atoms with Crippen molar-refractivity contribution in [2.75, 3.05) is 14.2 Å². The minimum Gasteiger partial charge on any atom is -0.607 e. The predicted octanol–water partition coefficient (Wildman–Crippen LogP) is 2.66. The van der Waals surface area contributed by atoms with Crippen LogP contribution in [0.2, 0.25) is 0 Å². The lowest BCUT2D eigenvalue weighted by atomic mass is 9.87. The molecule has 0 saturated heterocycles. The Morgan fingerprint density at radius 3 is 2.33 bits per heavy atom. The lowest BCUT2D eigenvalue weighted by molar-refractivity contribution is -0.910. The van der Waals surface area contributed by atoms with E-state index in [0.29, 0.717) is 17.9 Å². The molecule has 2 atom stereocenters. The zero-order valence-corrected chi connectivity index (χ0v) is 20.3. The number of thiazole rings is 1.